The molecular weight excluding hydrogens is 320 g/mol. The fourth-order valence-corrected chi connectivity index (χ4v) is 2.60. The average Bonchev–Trinajstić information content (AvgIpc) is 2.64. The summed E-state index contributed by atoms with van der Waals surface area (Å²) in [5, 5.41) is 19.9. The molecule has 25 heavy (non-hydrogen) atoms. The average molecular weight is 344 g/mol. The number of hydrogen-bond acceptors (Lipinski definition) is 4. The lowest BCUT2D eigenvalue weighted by molar-refractivity contribution is -0.150. The number of carbonyl (C=O) groups is 1. The molecule has 0 amide bonds. The van der Waals surface area contributed by atoms with Gasteiger partial charge in [0.1, 0.15) is 5.75 Å². The van der Waals surface area contributed by atoms with Crippen LogP contribution < -0.4 is 4.74 Å². The molecule has 0 spiro atoms. The third kappa shape index (κ3) is 5.59. The second kappa shape index (κ2) is 9.20. The summed E-state index contributed by atoms with van der Waals surface area (Å²) in [6, 6.07) is 16.7. The molecule has 2 N–H and O–H groups in total. The largest absolute Gasteiger partial charge is 0.497 e. The molecule has 2 aromatic carbocycles. The van der Waals surface area contributed by atoms with E-state index < -0.39 is 24.1 Å². The molecule has 0 aliphatic rings. The first-order valence-corrected chi connectivity index (χ1v) is 8.20. The van der Waals surface area contributed by atoms with Gasteiger partial charge in [0.15, 0.2) is 0 Å². The summed E-state index contributed by atoms with van der Waals surface area (Å²) >= 11 is 0. The predicted molar refractivity (Wildman–Crippen MR) is 94.5 cm³/mol. The normalized spacial score (nSPS) is 14.5. The lowest BCUT2D eigenvalue weighted by atomic mass is 9.91. The Morgan fingerprint density at radius 2 is 1.68 bits per heavy atom. The highest BCUT2D eigenvalue weighted by Crippen LogP contribution is 2.19. The van der Waals surface area contributed by atoms with Gasteiger partial charge in [-0.2, -0.15) is 0 Å². The van der Waals surface area contributed by atoms with Gasteiger partial charge in [0, 0.05) is 0 Å². The summed E-state index contributed by atoms with van der Waals surface area (Å²) in [4.78, 5) is 11.6. The van der Waals surface area contributed by atoms with Gasteiger partial charge in [0.25, 0.3) is 0 Å². The van der Waals surface area contributed by atoms with E-state index >= 15 is 0 Å². The van der Waals surface area contributed by atoms with Gasteiger partial charge in [-0.3, -0.25) is 4.79 Å². The van der Waals surface area contributed by atoms with E-state index in [4.69, 9.17) is 9.47 Å². The number of hydrogen-bond donors (Lipinski definition) is 2. The van der Waals surface area contributed by atoms with Crippen molar-refractivity contribution < 1.29 is 24.5 Å². The lowest BCUT2D eigenvalue weighted by Gasteiger charge is -2.25. The molecule has 0 saturated heterocycles. The molecule has 0 saturated carbocycles. The van der Waals surface area contributed by atoms with Crippen LogP contribution >= 0.6 is 0 Å². The number of methoxy groups -OCH3 is 1. The topological polar surface area (TPSA) is 76.0 Å². The van der Waals surface area contributed by atoms with E-state index in [1.54, 1.807) is 14.0 Å². The summed E-state index contributed by atoms with van der Waals surface area (Å²) in [6.07, 6.45) is -1.45. The minimum atomic E-state index is -1.10. The van der Waals surface area contributed by atoms with Crippen molar-refractivity contribution in [1.29, 1.82) is 0 Å². The number of benzene rings is 2. The van der Waals surface area contributed by atoms with Crippen molar-refractivity contribution in [1.82, 2.24) is 0 Å². The molecule has 0 heterocycles. The first-order chi connectivity index (χ1) is 12.0. The van der Waals surface area contributed by atoms with Crippen molar-refractivity contribution >= 4 is 5.97 Å². The summed E-state index contributed by atoms with van der Waals surface area (Å²) in [7, 11) is 1.60. The summed E-state index contributed by atoms with van der Waals surface area (Å²) in [5.74, 6) is -1.20. The molecule has 5 nitrogen and oxygen atoms in total. The van der Waals surface area contributed by atoms with Crippen molar-refractivity contribution in [3.8, 4) is 5.75 Å². The van der Waals surface area contributed by atoms with E-state index in [1.165, 1.54) is 0 Å². The molecular formula is C20H24O5. The van der Waals surface area contributed by atoms with E-state index in [-0.39, 0.29) is 6.42 Å². The van der Waals surface area contributed by atoms with E-state index in [9.17, 15) is 15.0 Å². The minimum Gasteiger partial charge on any atom is -0.497 e. The van der Waals surface area contributed by atoms with Crippen LogP contribution in [0, 0.1) is 5.92 Å². The van der Waals surface area contributed by atoms with Gasteiger partial charge in [0.05, 0.1) is 31.8 Å². The zero-order valence-electron chi connectivity index (χ0n) is 14.5. The molecule has 134 valence electrons. The van der Waals surface area contributed by atoms with E-state index in [0.717, 1.165) is 16.9 Å². The highest BCUT2D eigenvalue weighted by molar-refractivity contribution is 5.71. The van der Waals surface area contributed by atoms with E-state index in [1.807, 2.05) is 54.6 Å². The number of carboxylic acids is 1. The number of aliphatic carboxylic acids is 1. The Morgan fingerprint density at radius 3 is 2.24 bits per heavy atom. The van der Waals surface area contributed by atoms with Crippen LogP contribution in [0.4, 0.5) is 0 Å². The molecule has 0 unspecified atom stereocenters. The molecule has 0 fully saturated rings. The van der Waals surface area contributed by atoms with Crippen LogP contribution in [-0.2, 0) is 22.6 Å². The maximum absolute atomic E-state index is 11.6. The zero-order chi connectivity index (χ0) is 18.2. The van der Waals surface area contributed by atoms with Gasteiger partial charge in [-0.15, -0.1) is 0 Å². The SMILES string of the molecule is COc1ccc(CO[C@@H](C)[C@@H](O)[C@H](Cc2ccccc2)C(=O)O)cc1. The maximum Gasteiger partial charge on any atom is 0.309 e. The lowest BCUT2D eigenvalue weighted by Crippen LogP contribution is -2.39. The van der Waals surface area contributed by atoms with Crippen molar-refractivity contribution in [2.45, 2.75) is 32.2 Å². The van der Waals surface area contributed by atoms with Crippen LogP contribution in [0.25, 0.3) is 0 Å². The molecule has 3 atom stereocenters. The minimum absolute atomic E-state index is 0.258. The summed E-state index contributed by atoms with van der Waals surface area (Å²) < 4.78 is 10.8. The molecule has 0 aliphatic carbocycles. The van der Waals surface area contributed by atoms with Gasteiger partial charge in [-0.25, -0.2) is 0 Å². The standard InChI is InChI=1S/C20H24O5/c1-14(25-13-16-8-10-17(24-2)11-9-16)19(21)18(20(22)23)12-15-6-4-3-5-7-15/h3-11,14,18-19,21H,12-13H2,1-2H3,(H,22,23)/t14-,18-,19+/m0/s1. The summed E-state index contributed by atoms with van der Waals surface area (Å²) in [6.45, 7) is 1.98. The molecule has 2 rings (SSSR count). The van der Waals surface area contributed by atoms with Crippen LogP contribution in [0.2, 0.25) is 0 Å². The quantitative estimate of drug-likeness (QED) is 0.731. The Labute approximate surface area is 147 Å². The van der Waals surface area contributed by atoms with Gasteiger partial charge in [-0.05, 0) is 36.6 Å². The third-order valence-corrected chi connectivity index (χ3v) is 4.18. The Morgan fingerprint density at radius 1 is 1.04 bits per heavy atom. The van der Waals surface area contributed by atoms with Crippen LogP contribution in [0.1, 0.15) is 18.1 Å². The van der Waals surface area contributed by atoms with Crippen molar-refractivity contribution in [3.05, 3.63) is 65.7 Å². The summed E-state index contributed by atoms with van der Waals surface area (Å²) in [5.41, 5.74) is 1.80. The molecule has 0 aromatic heterocycles. The fourth-order valence-electron chi connectivity index (χ4n) is 2.60. The Bertz CT molecular complexity index is 654. The second-order valence-corrected chi connectivity index (χ2v) is 5.99. The number of rotatable bonds is 9. The monoisotopic (exact) mass is 344 g/mol. The van der Waals surface area contributed by atoms with Crippen LogP contribution in [-0.4, -0.2) is 35.5 Å². The molecule has 2 aromatic rings. The first kappa shape index (κ1) is 19.0. The molecule has 0 bridgehead atoms. The smallest absolute Gasteiger partial charge is 0.309 e. The van der Waals surface area contributed by atoms with Crippen LogP contribution in [0.3, 0.4) is 0 Å². The highest BCUT2D eigenvalue weighted by atomic mass is 16.5. The fraction of sp³-hybridized carbons (Fsp3) is 0.350. The Kier molecular flexibility index (Phi) is 6.98. The Balaban J connectivity index is 1.95. The van der Waals surface area contributed by atoms with Crippen LogP contribution in [0.15, 0.2) is 54.6 Å². The molecule has 0 aliphatic heterocycles. The van der Waals surface area contributed by atoms with E-state index in [2.05, 4.69) is 0 Å². The number of carboxylic acid groups (broad SMARTS) is 1. The molecule has 5 heteroatoms. The number of aliphatic hydroxyl groups is 1. The number of aliphatic hydroxyl groups excluding tert-OH is 1. The van der Waals surface area contributed by atoms with Gasteiger partial charge < -0.3 is 19.7 Å². The second-order valence-electron chi connectivity index (χ2n) is 5.99. The number of ether oxygens (including phenoxy) is 2. The van der Waals surface area contributed by atoms with Gasteiger partial charge >= 0.3 is 5.97 Å². The van der Waals surface area contributed by atoms with Gasteiger partial charge in [0.2, 0.25) is 0 Å². The van der Waals surface area contributed by atoms with Gasteiger partial charge in [-0.1, -0.05) is 42.5 Å². The Hall–Kier alpha value is -2.37. The van der Waals surface area contributed by atoms with Crippen LogP contribution in [0.5, 0.6) is 5.75 Å². The highest BCUT2D eigenvalue weighted by Gasteiger charge is 2.31. The molecule has 0 radical (unpaired) electrons. The first-order valence-electron chi connectivity index (χ1n) is 8.20. The van der Waals surface area contributed by atoms with Crippen molar-refractivity contribution in [3.63, 3.8) is 0 Å². The maximum atomic E-state index is 11.6. The zero-order valence-corrected chi connectivity index (χ0v) is 14.5. The van der Waals surface area contributed by atoms with Crippen molar-refractivity contribution in [2.75, 3.05) is 7.11 Å². The predicted octanol–water partition coefficient (Wildman–Crippen LogP) is 2.90. The third-order valence-electron chi connectivity index (χ3n) is 4.18. The van der Waals surface area contributed by atoms with E-state index in [0.29, 0.717) is 6.61 Å². The van der Waals surface area contributed by atoms with Crippen molar-refractivity contribution in [2.24, 2.45) is 5.92 Å².